The van der Waals surface area contributed by atoms with Crippen molar-refractivity contribution < 1.29 is 0 Å². The van der Waals surface area contributed by atoms with E-state index < -0.39 is 0 Å². The van der Waals surface area contributed by atoms with Gasteiger partial charge in [0.15, 0.2) is 0 Å². The Morgan fingerprint density at radius 1 is 1.41 bits per heavy atom. The fraction of sp³-hybridized carbons (Fsp3) is 0.538. The molecule has 0 aliphatic carbocycles. The number of piperidine rings is 1. The van der Waals surface area contributed by atoms with Crippen LogP contribution in [0.1, 0.15) is 12.8 Å². The van der Waals surface area contributed by atoms with Crippen molar-refractivity contribution >= 4 is 44.2 Å². The van der Waals surface area contributed by atoms with Gasteiger partial charge < -0.3 is 10.2 Å². The van der Waals surface area contributed by atoms with E-state index in [1.807, 2.05) is 0 Å². The number of nitrogens with one attached hydrogen (secondary N) is 1. The van der Waals surface area contributed by atoms with Gasteiger partial charge in [-0.25, -0.2) is 0 Å². The van der Waals surface area contributed by atoms with Gasteiger partial charge in [0.05, 0.1) is 0 Å². The quantitative estimate of drug-likeness (QED) is 0.765. The van der Waals surface area contributed by atoms with Gasteiger partial charge in [-0.1, -0.05) is 0 Å². The van der Waals surface area contributed by atoms with Crippen molar-refractivity contribution in [2.24, 2.45) is 5.92 Å². The number of halogens is 2. The third-order valence-electron chi connectivity index (χ3n) is 3.35. The molecule has 0 radical (unpaired) electrons. The highest BCUT2D eigenvalue weighted by molar-refractivity contribution is 14.1. The molecule has 1 saturated heterocycles. The second kappa shape index (κ2) is 6.38. The second-order valence-electron chi connectivity index (χ2n) is 4.75. The summed E-state index contributed by atoms with van der Waals surface area (Å²) in [6.07, 6.45) is 2.62. The number of hydrogen-bond acceptors (Lipinski definition) is 2. The molecule has 0 aromatic heterocycles. The zero-order chi connectivity index (χ0) is 12.3. The Morgan fingerprint density at radius 3 is 2.76 bits per heavy atom. The van der Waals surface area contributed by atoms with Crippen LogP contribution in [0.25, 0.3) is 0 Å². The molecule has 1 aromatic carbocycles. The highest BCUT2D eigenvalue weighted by atomic mass is 127. The fourth-order valence-corrected chi connectivity index (χ4v) is 3.59. The van der Waals surface area contributed by atoms with Gasteiger partial charge in [-0.05, 0) is 95.6 Å². The Balaban J connectivity index is 1.85. The first-order chi connectivity index (χ1) is 8.15. The minimum atomic E-state index is 0.817. The molecule has 2 nitrogen and oxygen atoms in total. The Labute approximate surface area is 125 Å². The Bertz CT molecular complexity index is 376. The van der Waals surface area contributed by atoms with Gasteiger partial charge in [0.25, 0.3) is 0 Å². The lowest BCUT2D eigenvalue weighted by Crippen LogP contribution is -2.32. The van der Waals surface area contributed by atoms with Gasteiger partial charge >= 0.3 is 0 Å². The lowest BCUT2D eigenvalue weighted by molar-refractivity contribution is 0.226. The molecule has 94 valence electrons. The van der Waals surface area contributed by atoms with Crippen molar-refractivity contribution in [1.29, 1.82) is 0 Å². The largest absolute Gasteiger partial charge is 0.384 e. The monoisotopic (exact) mass is 408 g/mol. The van der Waals surface area contributed by atoms with E-state index in [0.717, 1.165) is 16.9 Å². The molecule has 1 aromatic rings. The van der Waals surface area contributed by atoms with E-state index in [1.165, 1.54) is 35.2 Å². The molecule has 1 N–H and O–H groups in total. The summed E-state index contributed by atoms with van der Waals surface area (Å²) >= 11 is 5.94. The summed E-state index contributed by atoms with van der Waals surface area (Å²) < 4.78 is 2.43. The van der Waals surface area contributed by atoms with Crippen LogP contribution in [0, 0.1) is 9.49 Å². The summed E-state index contributed by atoms with van der Waals surface area (Å²) in [7, 11) is 2.21. The number of likely N-dealkylation sites (tertiary alicyclic amines) is 1. The van der Waals surface area contributed by atoms with E-state index in [1.54, 1.807) is 0 Å². The van der Waals surface area contributed by atoms with Gasteiger partial charge in [-0.2, -0.15) is 0 Å². The van der Waals surface area contributed by atoms with Crippen LogP contribution >= 0.6 is 38.5 Å². The maximum absolute atomic E-state index is 3.61. The normalized spacial score (nSPS) is 18.3. The van der Waals surface area contributed by atoms with Gasteiger partial charge in [0.1, 0.15) is 0 Å². The highest BCUT2D eigenvalue weighted by Gasteiger charge is 2.16. The average molecular weight is 409 g/mol. The van der Waals surface area contributed by atoms with Crippen molar-refractivity contribution in [3.8, 4) is 0 Å². The molecule has 4 heteroatoms. The van der Waals surface area contributed by atoms with Crippen molar-refractivity contribution in [3.05, 3.63) is 26.2 Å². The molecule has 0 bridgehead atoms. The van der Waals surface area contributed by atoms with Crippen LogP contribution in [0.3, 0.4) is 0 Å². The van der Waals surface area contributed by atoms with Crippen LogP contribution in [-0.4, -0.2) is 31.6 Å². The predicted octanol–water partition coefficient (Wildman–Crippen LogP) is 3.81. The maximum atomic E-state index is 3.61. The second-order valence-corrected chi connectivity index (χ2v) is 6.85. The molecule has 2 rings (SSSR count). The Kier molecular flexibility index (Phi) is 5.11. The van der Waals surface area contributed by atoms with E-state index in [4.69, 9.17) is 0 Å². The zero-order valence-electron chi connectivity index (χ0n) is 10.0. The fourth-order valence-electron chi connectivity index (χ4n) is 2.15. The first kappa shape index (κ1) is 13.6. The molecule has 1 heterocycles. The first-order valence-electron chi connectivity index (χ1n) is 6.02. The highest BCUT2D eigenvalue weighted by Crippen LogP contribution is 2.25. The smallest absolute Gasteiger partial charge is 0.0485 e. The lowest BCUT2D eigenvalue weighted by Gasteiger charge is -2.29. The summed E-state index contributed by atoms with van der Waals surface area (Å²) in [6, 6.07) is 6.45. The molecule has 17 heavy (non-hydrogen) atoms. The molecule has 0 spiro atoms. The molecule has 0 unspecified atom stereocenters. The summed E-state index contributed by atoms with van der Waals surface area (Å²) in [5.41, 5.74) is 1.21. The molecule has 1 aliphatic rings. The minimum absolute atomic E-state index is 0.817. The summed E-state index contributed by atoms with van der Waals surface area (Å²) in [6.45, 7) is 3.56. The van der Waals surface area contributed by atoms with Crippen LogP contribution in [0.5, 0.6) is 0 Å². The number of rotatable bonds is 3. The lowest BCUT2D eigenvalue weighted by atomic mass is 9.97. The molecule has 1 aliphatic heterocycles. The van der Waals surface area contributed by atoms with E-state index in [0.29, 0.717) is 0 Å². The van der Waals surface area contributed by atoms with Crippen LogP contribution < -0.4 is 5.32 Å². The van der Waals surface area contributed by atoms with Crippen LogP contribution in [0.15, 0.2) is 22.7 Å². The van der Waals surface area contributed by atoms with E-state index >= 15 is 0 Å². The Hall–Kier alpha value is 0.190. The predicted molar refractivity (Wildman–Crippen MR) is 85.6 cm³/mol. The topological polar surface area (TPSA) is 15.3 Å². The molecule has 0 saturated carbocycles. The summed E-state index contributed by atoms with van der Waals surface area (Å²) in [4.78, 5) is 2.41. The van der Waals surface area contributed by atoms with Crippen LogP contribution in [0.2, 0.25) is 0 Å². The summed E-state index contributed by atoms with van der Waals surface area (Å²) in [5.74, 6) is 0.817. The average Bonchev–Trinajstić information content (AvgIpc) is 2.30. The number of nitrogens with zero attached hydrogens (tertiary/aromatic N) is 1. The number of benzene rings is 1. The van der Waals surface area contributed by atoms with Crippen LogP contribution in [-0.2, 0) is 0 Å². The Morgan fingerprint density at radius 2 is 2.12 bits per heavy atom. The molecular weight excluding hydrogens is 391 g/mol. The van der Waals surface area contributed by atoms with Crippen LogP contribution in [0.4, 0.5) is 5.69 Å². The molecule has 0 atom stereocenters. The van der Waals surface area contributed by atoms with Gasteiger partial charge in [-0.15, -0.1) is 0 Å². The minimum Gasteiger partial charge on any atom is -0.384 e. The maximum Gasteiger partial charge on any atom is 0.0485 e. The third kappa shape index (κ3) is 4.10. The van der Waals surface area contributed by atoms with Crippen molar-refractivity contribution in [1.82, 2.24) is 4.90 Å². The molecule has 1 fully saturated rings. The van der Waals surface area contributed by atoms with Crippen molar-refractivity contribution in [3.63, 3.8) is 0 Å². The van der Waals surface area contributed by atoms with E-state index in [9.17, 15) is 0 Å². The third-order valence-corrected chi connectivity index (χ3v) is 4.68. The molecule has 0 amide bonds. The molecular formula is C13H18BrIN2. The number of anilines is 1. The summed E-state index contributed by atoms with van der Waals surface area (Å²) in [5, 5.41) is 3.56. The van der Waals surface area contributed by atoms with E-state index in [-0.39, 0.29) is 0 Å². The first-order valence-corrected chi connectivity index (χ1v) is 7.90. The van der Waals surface area contributed by atoms with E-state index in [2.05, 4.69) is 74.0 Å². The van der Waals surface area contributed by atoms with Gasteiger partial charge in [-0.3, -0.25) is 0 Å². The zero-order valence-corrected chi connectivity index (χ0v) is 13.8. The van der Waals surface area contributed by atoms with Gasteiger partial charge in [0.2, 0.25) is 0 Å². The standard InChI is InChI=1S/C13H18BrIN2/c1-17-6-4-10(5-7-17)9-16-13-3-2-11(15)8-12(13)14/h2-3,8,10,16H,4-7,9H2,1H3. The van der Waals surface area contributed by atoms with Crippen molar-refractivity contribution in [2.75, 3.05) is 32.0 Å². The van der Waals surface area contributed by atoms with Crippen molar-refractivity contribution in [2.45, 2.75) is 12.8 Å². The van der Waals surface area contributed by atoms with Gasteiger partial charge in [0, 0.05) is 20.3 Å². The number of hydrogen-bond donors (Lipinski definition) is 1. The SMILES string of the molecule is CN1CCC(CNc2ccc(I)cc2Br)CC1.